The van der Waals surface area contributed by atoms with Crippen LogP contribution in [0, 0.1) is 6.92 Å². The van der Waals surface area contributed by atoms with Gasteiger partial charge in [0.2, 0.25) is 16.1 Å². The first kappa shape index (κ1) is 22.3. The van der Waals surface area contributed by atoms with Gasteiger partial charge in [-0.2, -0.15) is 0 Å². The molecule has 2 rings (SSSR count). The zero-order valence-electron chi connectivity index (χ0n) is 16.5. The highest BCUT2D eigenvalue weighted by Gasteiger charge is 2.26. The van der Waals surface area contributed by atoms with Crippen LogP contribution in [0.3, 0.4) is 0 Å². The first-order valence-electron chi connectivity index (χ1n) is 8.88. The minimum atomic E-state index is -3.85. The van der Waals surface area contributed by atoms with E-state index in [-0.39, 0.29) is 0 Å². The first-order chi connectivity index (χ1) is 13.7. The number of hydrogen-bond donors (Lipinski definition) is 1. The standard InChI is InChI=1S/C21H24N2O5S/c1-16-9-11-17(12-10-16)13-14-29(26,27)22-15-19(24)28-20(21(25)23(2)3)18-7-5-4-6-8-18/h4-14,20,22H,15H2,1-3H3/b14-13+. The number of amides is 1. The molecule has 1 atom stereocenters. The summed E-state index contributed by atoms with van der Waals surface area (Å²) in [5.41, 5.74) is 2.28. The molecule has 1 unspecified atom stereocenters. The second-order valence-corrected chi connectivity index (χ2v) is 8.24. The van der Waals surface area contributed by atoms with Gasteiger partial charge in [-0.05, 0) is 18.6 Å². The van der Waals surface area contributed by atoms with Crippen molar-refractivity contribution in [1.29, 1.82) is 0 Å². The molecule has 0 saturated carbocycles. The van der Waals surface area contributed by atoms with Crippen molar-refractivity contribution in [2.45, 2.75) is 13.0 Å². The van der Waals surface area contributed by atoms with E-state index in [9.17, 15) is 18.0 Å². The molecule has 0 saturated heterocycles. The predicted molar refractivity (Wildman–Crippen MR) is 111 cm³/mol. The number of benzene rings is 2. The minimum Gasteiger partial charge on any atom is -0.446 e. The van der Waals surface area contributed by atoms with Gasteiger partial charge in [-0.1, -0.05) is 60.2 Å². The fourth-order valence-corrected chi connectivity index (χ4v) is 3.10. The van der Waals surface area contributed by atoms with Gasteiger partial charge in [0.05, 0.1) is 0 Å². The highest BCUT2D eigenvalue weighted by molar-refractivity contribution is 7.92. The van der Waals surface area contributed by atoms with Crippen LogP contribution in [0.2, 0.25) is 0 Å². The number of hydrogen-bond acceptors (Lipinski definition) is 5. The highest BCUT2D eigenvalue weighted by Crippen LogP contribution is 2.19. The molecule has 2 aromatic carbocycles. The summed E-state index contributed by atoms with van der Waals surface area (Å²) >= 11 is 0. The Hall–Kier alpha value is -2.97. The van der Waals surface area contributed by atoms with Crippen LogP contribution in [0.5, 0.6) is 0 Å². The molecule has 0 radical (unpaired) electrons. The maximum Gasteiger partial charge on any atom is 0.322 e. The number of esters is 1. The Morgan fingerprint density at radius 1 is 1.07 bits per heavy atom. The molecule has 2 aromatic rings. The van der Waals surface area contributed by atoms with Gasteiger partial charge in [0.15, 0.2) is 0 Å². The van der Waals surface area contributed by atoms with Gasteiger partial charge >= 0.3 is 5.97 Å². The zero-order valence-corrected chi connectivity index (χ0v) is 17.3. The van der Waals surface area contributed by atoms with Gasteiger partial charge in [0.25, 0.3) is 5.91 Å². The quantitative estimate of drug-likeness (QED) is 0.667. The summed E-state index contributed by atoms with van der Waals surface area (Å²) in [6.07, 6.45) is 0.279. The lowest BCUT2D eigenvalue weighted by molar-refractivity contribution is -0.158. The monoisotopic (exact) mass is 416 g/mol. The molecule has 0 spiro atoms. The Balaban J connectivity index is 2.00. The van der Waals surface area contributed by atoms with E-state index in [4.69, 9.17) is 4.74 Å². The van der Waals surface area contributed by atoms with Crippen molar-refractivity contribution in [3.05, 3.63) is 76.7 Å². The smallest absolute Gasteiger partial charge is 0.322 e. The number of nitrogens with zero attached hydrogens (tertiary/aromatic N) is 1. The summed E-state index contributed by atoms with van der Waals surface area (Å²) in [7, 11) is -0.756. The zero-order chi connectivity index (χ0) is 21.4. The van der Waals surface area contributed by atoms with Crippen LogP contribution in [0.4, 0.5) is 0 Å². The van der Waals surface area contributed by atoms with Gasteiger partial charge in [-0.25, -0.2) is 13.1 Å². The molecule has 7 nitrogen and oxygen atoms in total. The molecular weight excluding hydrogens is 392 g/mol. The van der Waals surface area contributed by atoms with Crippen LogP contribution in [0.1, 0.15) is 22.8 Å². The Kier molecular flexibility index (Phi) is 7.69. The molecule has 0 fully saturated rings. The SMILES string of the molecule is Cc1ccc(/C=C/S(=O)(=O)NCC(=O)OC(C(=O)N(C)C)c2ccccc2)cc1. The van der Waals surface area contributed by atoms with Gasteiger partial charge in [0.1, 0.15) is 6.54 Å². The maximum absolute atomic E-state index is 12.4. The lowest BCUT2D eigenvalue weighted by Crippen LogP contribution is -2.35. The van der Waals surface area contributed by atoms with Crippen molar-refractivity contribution in [2.75, 3.05) is 20.6 Å². The van der Waals surface area contributed by atoms with E-state index in [1.54, 1.807) is 56.6 Å². The van der Waals surface area contributed by atoms with Crippen molar-refractivity contribution in [2.24, 2.45) is 0 Å². The van der Waals surface area contributed by atoms with Crippen LogP contribution < -0.4 is 4.72 Å². The van der Waals surface area contributed by atoms with Crippen LogP contribution in [-0.4, -0.2) is 45.8 Å². The summed E-state index contributed by atoms with van der Waals surface area (Å²) in [5.74, 6) is -1.28. The Morgan fingerprint density at radius 3 is 2.28 bits per heavy atom. The predicted octanol–water partition coefficient (Wildman–Crippen LogP) is 2.26. The average Bonchev–Trinajstić information content (AvgIpc) is 2.70. The summed E-state index contributed by atoms with van der Waals surface area (Å²) in [6.45, 7) is 1.34. The number of sulfonamides is 1. The Labute approximate surface area is 171 Å². The fourth-order valence-electron chi connectivity index (χ4n) is 2.35. The van der Waals surface area contributed by atoms with Crippen molar-refractivity contribution < 1.29 is 22.7 Å². The van der Waals surface area contributed by atoms with E-state index < -0.39 is 34.5 Å². The van der Waals surface area contributed by atoms with Gasteiger partial charge in [0, 0.05) is 25.1 Å². The van der Waals surface area contributed by atoms with Crippen molar-refractivity contribution in [3.8, 4) is 0 Å². The molecule has 0 aliphatic heterocycles. The van der Waals surface area contributed by atoms with Crippen LogP contribution in [0.15, 0.2) is 60.0 Å². The summed E-state index contributed by atoms with van der Waals surface area (Å²) < 4.78 is 31.6. The number of ether oxygens (including phenoxy) is 1. The summed E-state index contributed by atoms with van der Waals surface area (Å²) in [6, 6.07) is 15.8. The van der Waals surface area contributed by atoms with Gasteiger partial charge in [-0.15, -0.1) is 0 Å². The van der Waals surface area contributed by atoms with Gasteiger partial charge < -0.3 is 9.64 Å². The topological polar surface area (TPSA) is 92.8 Å². The third-order valence-electron chi connectivity index (χ3n) is 3.95. The third-order valence-corrected chi connectivity index (χ3v) is 4.99. The van der Waals surface area contributed by atoms with E-state index in [0.717, 1.165) is 11.0 Å². The minimum absolute atomic E-state index is 0.424. The lowest BCUT2D eigenvalue weighted by atomic mass is 10.1. The van der Waals surface area contributed by atoms with Crippen LogP contribution in [0.25, 0.3) is 6.08 Å². The number of rotatable bonds is 8. The van der Waals surface area contributed by atoms with Crippen molar-refractivity contribution >= 4 is 28.0 Å². The molecule has 0 aliphatic carbocycles. The second kappa shape index (κ2) is 9.99. The van der Waals surface area contributed by atoms with Gasteiger partial charge in [-0.3, -0.25) is 9.59 Å². The number of likely N-dealkylation sites (N-methyl/N-ethyl adjacent to an activating group) is 1. The highest BCUT2D eigenvalue weighted by atomic mass is 32.2. The molecule has 0 bridgehead atoms. The molecule has 1 amide bonds. The van der Waals surface area contributed by atoms with E-state index in [1.807, 2.05) is 19.1 Å². The normalized spacial score (nSPS) is 12.5. The molecule has 0 aliphatic rings. The van der Waals surface area contributed by atoms with Crippen LogP contribution in [-0.2, 0) is 24.3 Å². The van der Waals surface area contributed by atoms with E-state index in [1.165, 1.54) is 11.0 Å². The Morgan fingerprint density at radius 2 is 1.69 bits per heavy atom. The molecule has 8 heteroatoms. The lowest BCUT2D eigenvalue weighted by Gasteiger charge is -2.21. The molecule has 29 heavy (non-hydrogen) atoms. The average molecular weight is 416 g/mol. The summed E-state index contributed by atoms with van der Waals surface area (Å²) in [5, 5.41) is 0.977. The molecule has 1 N–H and O–H groups in total. The largest absolute Gasteiger partial charge is 0.446 e. The maximum atomic E-state index is 12.4. The van der Waals surface area contributed by atoms with Crippen molar-refractivity contribution in [3.63, 3.8) is 0 Å². The number of carbonyl (C=O) groups excluding carboxylic acids is 2. The molecule has 0 aromatic heterocycles. The van der Waals surface area contributed by atoms with E-state index in [0.29, 0.717) is 11.1 Å². The van der Waals surface area contributed by atoms with Crippen LogP contribution >= 0.6 is 0 Å². The molecule has 0 heterocycles. The van der Waals surface area contributed by atoms with E-state index in [2.05, 4.69) is 4.72 Å². The fraction of sp³-hybridized carbons (Fsp3) is 0.238. The second-order valence-electron chi connectivity index (χ2n) is 6.59. The third kappa shape index (κ3) is 7.17. The molecular formula is C21H24N2O5S. The van der Waals surface area contributed by atoms with E-state index >= 15 is 0 Å². The number of carbonyl (C=O) groups is 2. The first-order valence-corrected chi connectivity index (χ1v) is 10.4. The number of aryl methyl sites for hydroxylation is 1. The Bertz CT molecular complexity index is 968. The molecule has 154 valence electrons. The van der Waals surface area contributed by atoms with Crippen molar-refractivity contribution in [1.82, 2.24) is 9.62 Å². The number of nitrogens with one attached hydrogen (secondary N) is 1. The summed E-state index contributed by atoms with van der Waals surface area (Å²) in [4.78, 5) is 25.8.